The summed E-state index contributed by atoms with van der Waals surface area (Å²) < 4.78 is 6.62. The summed E-state index contributed by atoms with van der Waals surface area (Å²) in [5.74, 6) is 0.140. The Labute approximate surface area is 204 Å². The molecular weight excluding hydrogens is 446 g/mol. The van der Waals surface area contributed by atoms with Crippen molar-refractivity contribution >= 4 is 29.5 Å². The zero-order chi connectivity index (χ0) is 24.9. The molecule has 35 heavy (non-hydrogen) atoms. The maximum Gasteiger partial charge on any atom is 0.269 e. The molecule has 2 aromatic carbocycles. The highest BCUT2D eigenvalue weighted by atomic mass is 16.5. The van der Waals surface area contributed by atoms with Crippen molar-refractivity contribution in [2.75, 3.05) is 37.0 Å². The fourth-order valence-corrected chi connectivity index (χ4v) is 4.32. The van der Waals surface area contributed by atoms with Gasteiger partial charge in [0.1, 0.15) is 11.4 Å². The van der Waals surface area contributed by atoms with Gasteiger partial charge in [-0.2, -0.15) is 5.10 Å². The number of nitrogens with two attached hydrogens (primary N) is 1. The highest BCUT2D eigenvalue weighted by Gasteiger charge is 2.23. The van der Waals surface area contributed by atoms with Crippen LogP contribution in [0, 0.1) is 0 Å². The molecule has 3 aromatic rings. The second-order valence-electron chi connectivity index (χ2n) is 8.49. The van der Waals surface area contributed by atoms with Crippen LogP contribution in [-0.4, -0.2) is 55.1 Å². The van der Waals surface area contributed by atoms with Crippen LogP contribution in [0.1, 0.15) is 45.8 Å². The molecule has 9 nitrogen and oxygen atoms in total. The number of ether oxygens (including phenoxy) is 1. The Bertz CT molecular complexity index is 1220. The lowest BCUT2D eigenvalue weighted by Crippen LogP contribution is -2.35. The van der Waals surface area contributed by atoms with Crippen LogP contribution in [0.4, 0.5) is 11.4 Å². The van der Waals surface area contributed by atoms with Crippen molar-refractivity contribution in [1.82, 2.24) is 9.78 Å². The third-order valence-electron chi connectivity index (χ3n) is 6.31. The number of nitrogens with zero attached hydrogens (tertiary/aromatic N) is 4. The van der Waals surface area contributed by atoms with E-state index >= 15 is 0 Å². The van der Waals surface area contributed by atoms with Gasteiger partial charge in [-0.25, -0.2) is 4.68 Å². The lowest BCUT2D eigenvalue weighted by molar-refractivity contribution is -0.119. The standard InChI is InChI=1S/C26H29N5O4/c1-29(18-6-8-19(9-7-18)30-15-4-3-5-24(30)33)16-14-22-23(17-32)31(28-25(22)26(27)34)20-10-12-21(35-2)13-11-20/h6-13,17H,3-5,14-16H2,1-2H3,(H2,27,34). The smallest absolute Gasteiger partial charge is 0.269 e. The normalized spacial score (nSPS) is 13.5. The third kappa shape index (κ3) is 5.03. The van der Waals surface area contributed by atoms with Crippen LogP contribution in [0.3, 0.4) is 0 Å². The fraction of sp³-hybridized carbons (Fsp3) is 0.308. The van der Waals surface area contributed by atoms with E-state index in [4.69, 9.17) is 10.5 Å². The minimum absolute atomic E-state index is 0.0790. The molecule has 1 saturated heterocycles. The van der Waals surface area contributed by atoms with Crippen LogP contribution in [0.2, 0.25) is 0 Å². The van der Waals surface area contributed by atoms with E-state index in [0.29, 0.717) is 42.7 Å². The number of carbonyl (C=O) groups excluding carboxylic acids is 3. The van der Waals surface area contributed by atoms with E-state index in [-0.39, 0.29) is 17.3 Å². The topological polar surface area (TPSA) is 111 Å². The van der Waals surface area contributed by atoms with Gasteiger partial charge in [0, 0.05) is 43.5 Å². The van der Waals surface area contributed by atoms with Gasteiger partial charge >= 0.3 is 0 Å². The second kappa shape index (κ2) is 10.4. The van der Waals surface area contributed by atoms with E-state index in [9.17, 15) is 14.4 Å². The average molecular weight is 476 g/mol. The number of carbonyl (C=O) groups is 3. The van der Waals surface area contributed by atoms with Gasteiger partial charge in [0.15, 0.2) is 12.0 Å². The van der Waals surface area contributed by atoms with Gasteiger partial charge in [0.05, 0.1) is 12.8 Å². The lowest BCUT2D eigenvalue weighted by atomic mass is 10.1. The number of aromatic nitrogens is 2. The number of aldehydes is 1. The number of hydrogen-bond acceptors (Lipinski definition) is 6. The molecule has 0 unspecified atom stereocenters. The molecule has 4 rings (SSSR count). The van der Waals surface area contributed by atoms with E-state index in [0.717, 1.165) is 30.8 Å². The number of amides is 2. The quantitative estimate of drug-likeness (QED) is 0.477. The van der Waals surface area contributed by atoms with Gasteiger partial charge in [-0.05, 0) is 67.8 Å². The predicted molar refractivity (Wildman–Crippen MR) is 134 cm³/mol. The summed E-state index contributed by atoms with van der Waals surface area (Å²) in [6.45, 7) is 1.27. The van der Waals surface area contributed by atoms with Crippen molar-refractivity contribution in [2.45, 2.75) is 25.7 Å². The number of rotatable bonds is 9. The first kappa shape index (κ1) is 24.0. The van der Waals surface area contributed by atoms with Crippen molar-refractivity contribution < 1.29 is 19.1 Å². The molecule has 1 aliphatic rings. The second-order valence-corrected chi connectivity index (χ2v) is 8.49. The maximum atomic E-state index is 12.2. The Morgan fingerprint density at radius 1 is 1.11 bits per heavy atom. The van der Waals surface area contributed by atoms with Crippen molar-refractivity contribution in [2.24, 2.45) is 5.73 Å². The van der Waals surface area contributed by atoms with Crippen molar-refractivity contribution in [1.29, 1.82) is 0 Å². The highest BCUT2D eigenvalue weighted by Crippen LogP contribution is 2.25. The molecule has 182 valence electrons. The van der Waals surface area contributed by atoms with Gasteiger partial charge in [-0.1, -0.05) is 0 Å². The monoisotopic (exact) mass is 475 g/mol. The van der Waals surface area contributed by atoms with Crippen molar-refractivity contribution in [3.63, 3.8) is 0 Å². The van der Waals surface area contributed by atoms with Crippen LogP contribution >= 0.6 is 0 Å². The summed E-state index contributed by atoms with van der Waals surface area (Å²) in [7, 11) is 3.50. The Hall–Kier alpha value is -4.14. The number of benzene rings is 2. The fourth-order valence-electron chi connectivity index (χ4n) is 4.32. The number of primary amides is 1. The molecule has 0 bridgehead atoms. The molecule has 1 aliphatic heterocycles. The van der Waals surface area contributed by atoms with Crippen LogP contribution in [-0.2, 0) is 11.2 Å². The Morgan fingerprint density at radius 2 is 1.80 bits per heavy atom. The van der Waals surface area contributed by atoms with Gasteiger partial charge in [-0.15, -0.1) is 0 Å². The summed E-state index contributed by atoms with van der Waals surface area (Å²) in [6.07, 6.45) is 3.64. The predicted octanol–water partition coefficient (Wildman–Crippen LogP) is 2.99. The Morgan fingerprint density at radius 3 is 2.40 bits per heavy atom. The van der Waals surface area contributed by atoms with E-state index in [1.54, 1.807) is 31.4 Å². The third-order valence-corrected chi connectivity index (χ3v) is 6.31. The number of methoxy groups -OCH3 is 1. The van der Waals surface area contributed by atoms with Gasteiger partial charge in [0.2, 0.25) is 5.91 Å². The van der Waals surface area contributed by atoms with Crippen molar-refractivity contribution in [3.05, 3.63) is 65.5 Å². The molecule has 0 radical (unpaired) electrons. The summed E-state index contributed by atoms with van der Waals surface area (Å²) in [6, 6.07) is 14.8. The SMILES string of the molecule is COc1ccc(-n2nc(C(N)=O)c(CCN(C)c3ccc(N4CCCCC4=O)cc3)c2C=O)cc1. The van der Waals surface area contributed by atoms with Crippen LogP contribution < -0.4 is 20.3 Å². The first-order chi connectivity index (χ1) is 16.9. The molecule has 1 fully saturated rings. The molecule has 2 amide bonds. The molecule has 1 aromatic heterocycles. The van der Waals surface area contributed by atoms with E-state index < -0.39 is 5.91 Å². The largest absolute Gasteiger partial charge is 0.497 e. The Balaban J connectivity index is 1.53. The van der Waals surface area contributed by atoms with E-state index in [2.05, 4.69) is 5.10 Å². The first-order valence-corrected chi connectivity index (χ1v) is 11.6. The van der Waals surface area contributed by atoms with Gasteiger partial charge in [-0.3, -0.25) is 14.4 Å². The minimum atomic E-state index is -0.687. The zero-order valence-corrected chi connectivity index (χ0v) is 19.9. The first-order valence-electron chi connectivity index (χ1n) is 11.6. The van der Waals surface area contributed by atoms with Crippen LogP contribution in [0.5, 0.6) is 5.75 Å². The molecule has 9 heteroatoms. The van der Waals surface area contributed by atoms with Gasteiger partial charge in [0.25, 0.3) is 5.91 Å². The maximum absolute atomic E-state index is 12.2. The molecule has 0 spiro atoms. The number of hydrogen-bond donors (Lipinski definition) is 1. The highest BCUT2D eigenvalue weighted by molar-refractivity contribution is 5.95. The zero-order valence-electron chi connectivity index (χ0n) is 19.9. The summed E-state index contributed by atoms with van der Waals surface area (Å²) in [5.41, 5.74) is 8.94. The van der Waals surface area contributed by atoms with E-state index in [1.807, 2.05) is 41.1 Å². The van der Waals surface area contributed by atoms with Crippen molar-refractivity contribution in [3.8, 4) is 11.4 Å². The lowest BCUT2D eigenvalue weighted by Gasteiger charge is -2.27. The van der Waals surface area contributed by atoms with E-state index in [1.165, 1.54) is 4.68 Å². The average Bonchev–Trinajstić information content (AvgIpc) is 3.26. The summed E-state index contributed by atoms with van der Waals surface area (Å²) >= 11 is 0. The van der Waals surface area contributed by atoms with Crippen LogP contribution in [0.15, 0.2) is 48.5 Å². The molecule has 2 heterocycles. The summed E-state index contributed by atoms with van der Waals surface area (Å²) in [5, 5.41) is 4.34. The molecule has 0 atom stereocenters. The number of likely N-dealkylation sites (N-methyl/N-ethyl adjacent to an activating group) is 1. The minimum Gasteiger partial charge on any atom is -0.497 e. The molecule has 2 N–H and O–H groups in total. The van der Waals surface area contributed by atoms with Gasteiger partial charge < -0.3 is 20.3 Å². The number of anilines is 2. The summed E-state index contributed by atoms with van der Waals surface area (Å²) in [4.78, 5) is 40.2. The number of piperidine rings is 1. The van der Waals surface area contributed by atoms with Crippen LogP contribution in [0.25, 0.3) is 5.69 Å². The molecular formula is C26H29N5O4. The molecule has 0 saturated carbocycles. The molecule has 0 aliphatic carbocycles. The Kier molecular flexibility index (Phi) is 7.14.